The van der Waals surface area contributed by atoms with Crippen LogP contribution in [0.25, 0.3) is 0 Å². The molecular weight excluding hydrogens is 377 g/mol. The summed E-state index contributed by atoms with van der Waals surface area (Å²) in [7, 11) is 1.28. The number of ketones is 1. The maximum atomic E-state index is 13.9. The number of aliphatic carboxylic acids is 1. The summed E-state index contributed by atoms with van der Waals surface area (Å²) in [6.45, 7) is 4.50. The Labute approximate surface area is 160 Å². The Balaban J connectivity index is 2.99. The molecule has 0 radical (unpaired) electrons. The molecule has 1 aromatic rings. The molecule has 0 aromatic heterocycles. The van der Waals surface area contributed by atoms with Gasteiger partial charge >= 0.3 is 5.97 Å². The Morgan fingerprint density at radius 2 is 1.89 bits per heavy atom. The van der Waals surface area contributed by atoms with E-state index in [0.717, 1.165) is 6.07 Å². The summed E-state index contributed by atoms with van der Waals surface area (Å²) in [5.41, 5.74) is -0.0153. The minimum Gasteiger partial charge on any atom is -0.494 e. The van der Waals surface area contributed by atoms with Gasteiger partial charge in [0.1, 0.15) is 6.04 Å². The van der Waals surface area contributed by atoms with Crippen molar-refractivity contribution >= 4 is 34.5 Å². The molecule has 2 N–H and O–H groups in total. The van der Waals surface area contributed by atoms with Gasteiger partial charge in [0.2, 0.25) is 5.91 Å². The molecule has 7 nitrogen and oxygen atoms in total. The number of benzene rings is 1. The monoisotopic (exact) mass is 399 g/mol. The van der Waals surface area contributed by atoms with Crippen LogP contribution >= 0.6 is 11.8 Å². The molecule has 0 aliphatic rings. The van der Waals surface area contributed by atoms with E-state index in [2.05, 4.69) is 5.32 Å². The van der Waals surface area contributed by atoms with Crippen LogP contribution in [0.5, 0.6) is 5.75 Å². The molecule has 9 heteroatoms. The van der Waals surface area contributed by atoms with Crippen molar-refractivity contribution in [2.24, 2.45) is 5.92 Å². The number of Topliss-reactive ketones (excluding diaryl/α,β-unsaturated/α-hetero) is 1. The van der Waals surface area contributed by atoms with Gasteiger partial charge in [-0.2, -0.15) is 0 Å². The molecule has 1 amide bonds. The number of methoxy groups -OCH3 is 1. The van der Waals surface area contributed by atoms with Crippen LogP contribution in [-0.4, -0.2) is 46.3 Å². The van der Waals surface area contributed by atoms with Gasteiger partial charge in [0, 0.05) is 18.9 Å². The van der Waals surface area contributed by atoms with Crippen LogP contribution in [-0.2, 0) is 14.4 Å². The fraction of sp³-hybridized carbons (Fsp3) is 0.444. The van der Waals surface area contributed by atoms with E-state index in [1.807, 2.05) is 0 Å². The molecule has 1 rings (SSSR count). The lowest BCUT2D eigenvalue weighted by Crippen LogP contribution is -2.45. The normalized spacial score (nSPS) is 13.0. The Morgan fingerprint density at radius 1 is 1.26 bits per heavy atom. The fourth-order valence-electron chi connectivity index (χ4n) is 2.31. The first kappa shape index (κ1) is 22.6. The van der Waals surface area contributed by atoms with E-state index >= 15 is 0 Å². The Morgan fingerprint density at radius 3 is 2.33 bits per heavy atom. The zero-order valence-electron chi connectivity index (χ0n) is 15.4. The number of amides is 1. The number of thioether (sulfide) groups is 1. The van der Waals surface area contributed by atoms with Gasteiger partial charge < -0.3 is 15.2 Å². The maximum absolute atomic E-state index is 13.9. The van der Waals surface area contributed by atoms with Crippen molar-refractivity contribution in [3.8, 4) is 5.75 Å². The molecule has 0 heterocycles. The van der Waals surface area contributed by atoms with Crippen molar-refractivity contribution in [2.75, 3.05) is 7.11 Å². The summed E-state index contributed by atoms with van der Waals surface area (Å²) in [6, 6.07) is 2.47. The molecule has 148 valence electrons. The van der Waals surface area contributed by atoms with Crippen LogP contribution in [0.1, 0.15) is 37.6 Å². The van der Waals surface area contributed by atoms with E-state index in [1.54, 1.807) is 13.8 Å². The van der Waals surface area contributed by atoms with Crippen LogP contribution in [0.3, 0.4) is 0 Å². The van der Waals surface area contributed by atoms with Crippen molar-refractivity contribution in [3.05, 3.63) is 29.6 Å². The number of hydrogen-bond donors (Lipinski definition) is 2. The second-order valence-electron chi connectivity index (χ2n) is 6.14. The second kappa shape index (κ2) is 10.1. The molecule has 27 heavy (non-hydrogen) atoms. The summed E-state index contributed by atoms with van der Waals surface area (Å²) in [4.78, 5) is 47.5. The van der Waals surface area contributed by atoms with Crippen LogP contribution in [0.15, 0.2) is 18.2 Å². The number of rotatable bonds is 9. The zero-order valence-corrected chi connectivity index (χ0v) is 16.3. The number of carbonyl (C=O) groups is 4. The highest BCUT2D eigenvalue weighted by Gasteiger charge is 2.29. The summed E-state index contributed by atoms with van der Waals surface area (Å²) < 4.78 is 18.6. The topological polar surface area (TPSA) is 110 Å². The van der Waals surface area contributed by atoms with Crippen molar-refractivity contribution in [3.63, 3.8) is 0 Å². The molecule has 0 aliphatic carbocycles. The number of hydrogen-bond acceptors (Lipinski definition) is 6. The Hall–Kier alpha value is -2.42. The van der Waals surface area contributed by atoms with Gasteiger partial charge in [-0.3, -0.25) is 14.4 Å². The van der Waals surface area contributed by atoms with Crippen molar-refractivity contribution < 1.29 is 33.4 Å². The standard InChI is InChI=1S/C18H22FNO6S/c1-9(2)16(18(24)25)20-15(22)8-14(27-10(3)21)17(23)11-5-6-13(26-4)12(19)7-11/h5-7,9,14,16H,8H2,1-4H3,(H,20,22)(H,24,25)/t14?,16-/m0/s1. The number of ether oxygens (including phenoxy) is 1. The third kappa shape index (κ3) is 6.67. The Bertz CT molecular complexity index is 737. The quantitative estimate of drug-likeness (QED) is 0.613. The molecule has 0 saturated carbocycles. The molecule has 0 fully saturated rings. The van der Waals surface area contributed by atoms with E-state index < -0.39 is 46.3 Å². The van der Waals surface area contributed by atoms with Gasteiger partial charge in [-0.1, -0.05) is 25.6 Å². The Kier molecular flexibility index (Phi) is 8.42. The number of carboxylic acids is 1. The van der Waals surface area contributed by atoms with E-state index in [1.165, 1.54) is 26.2 Å². The highest BCUT2D eigenvalue weighted by molar-refractivity contribution is 8.14. The average molecular weight is 399 g/mol. The molecule has 0 aliphatic heterocycles. The first-order chi connectivity index (χ1) is 12.6. The maximum Gasteiger partial charge on any atom is 0.326 e. The summed E-state index contributed by atoms with van der Waals surface area (Å²) in [5.74, 6) is -3.64. The third-order valence-corrected chi connectivity index (χ3v) is 4.65. The van der Waals surface area contributed by atoms with Gasteiger partial charge in [-0.05, 0) is 24.1 Å². The van der Waals surface area contributed by atoms with Crippen molar-refractivity contribution in [1.82, 2.24) is 5.32 Å². The lowest BCUT2D eigenvalue weighted by molar-refractivity contribution is -0.143. The number of carbonyl (C=O) groups excluding carboxylic acids is 3. The number of nitrogens with one attached hydrogen (secondary N) is 1. The van der Waals surface area contributed by atoms with Crippen molar-refractivity contribution in [2.45, 2.75) is 38.5 Å². The van der Waals surface area contributed by atoms with Gasteiger partial charge in [-0.25, -0.2) is 9.18 Å². The fourth-order valence-corrected chi connectivity index (χ4v) is 3.19. The second-order valence-corrected chi connectivity index (χ2v) is 7.52. The van der Waals surface area contributed by atoms with Gasteiger partial charge in [0.05, 0.1) is 12.4 Å². The molecule has 0 bridgehead atoms. The van der Waals surface area contributed by atoms with Crippen molar-refractivity contribution in [1.29, 1.82) is 0 Å². The molecule has 1 aromatic carbocycles. The smallest absolute Gasteiger partial charge is 0.326 e. The van der Waals surface area contributed by atoms with Crippen LogP contribution in [0, 0.1) is 11.7 Å². The van der Waals surface area contributed by atoms with Crippen LogP contribution in [0.4, 0.5) is 4.39 Å². The van der Waals surface area contributed by atoms with Gasteiger partial charge in [0.15, 0.2) is 22.5 Å². The predicted molar refractivity (Wildman–Crippen MR) is 98.4 cm³/mol. The highest BCUT2D eigenvalue weighted by Crippen LogP contribution is 2.24. The minimum atomic E-state index is -1.20. The number of carboxylic acid groups (broad SMARTS) is 1. The van der Waals surface area contributed by atoms with Gasteiger partial charge in [0.25, 0.3) is 0 Å². The lowest BCUT2D eigenvalue weighted by Gasteiger charge is -2.20. The zero-order chi connectivity index (χ0) is 20.7. The van der Waals surface area contributed by atoms with E-state index in [9.17, 15) is 23.6 Å². The molecule has 0 spiro atoms. The average Bonchev–Trinajstić information content (AvgIpc) is 2.57. The van der Waals surface area contributed by atoms with E-state index in [4.69, 9.17) is 9.84 Å². The van der Waals surface area contributed by atoms with Crippen LogP contribution < -0.4 is 10.1 Å². The third-order valence-electron chi connectivity index (χ3n) is 3.66. The molecule has 0 saturated heterocycles. The molecule has 2 atom stereocenters. The van der Waals surface area contributed by atoms with Gasteiger partial charge in [-0.15, -0.1) is 0 Å². The molecule has 1 unspecified atom stereocenters. The van der Waals surface area contributed by atoms with E-state index in [-0.39, 0.29) is 17.2 Å². The summed E-state index contributed by atoms with van der Waals surface area (Å²) in [5, 5.41) is 10.00. The highest BCUT2D eigenvalue weighted by atomic mass is 32.2. The number of halogens is 1. The first-order valence-electron chi connectivity index (χ1n) is 8.14. The minimum absolute atomic E-state index is 0.0153. The molecular formula is C18H22FNO6S. The first-order valence-corrected chi connectivity index (χ1v) is 9.01. The summed E-state index contributed by atoms with van der Waals surface area (Å²) >= 11 is 0.640. The SMILES string of the molecule is COc1ccc(C(=O)C(CC(=O)N[C@H](C(=O)O)C(C)C)SC(C)=O)cc1F. The largest absolute Gasteiger partial charge is 0.494 e. The predicted octanol–water partition coefficient (Wildman–Crippen LogP) is 2.28. The van der Waals surface area contributed by atoms with E-state index in [0.29, 0.717) is 11.8 Å². The lowest BCUT2D eigenvalue weighted by atomic mass is 10.0. The van der Waals surface area contributed by atoms with Crippen LogP contribution in [0.2, 0.25) is 0 Å². The summed E-state index contributed by atoms with van der Waals surface area (Å²) in [6.07, 6.45) is -0.409.